The van der Waals surface area contributed by atoms with E-state index in [1.54, 1.807) is 0 Å². The van der Waals surface area contributed by atoms with Crippen molar-refractivity contribution in [3.63, 3.8) is 0 Å². The van der Waals surface area contributed by atoms with Gasteiger partial charge in [0.15, 0.2) is 5.82 Å². The minimum atomic E-state index is 0.646. The monoisotopic (exact) mass is 631 g/mol. The number of hydrogen-bond acceptors (Lipinski definition) is 5. The van der Waals surface area contributed by atoms with Crippen LogP contribution in [0.5, 0.6) is 0 Å². The molecule has 0 atom stereocenters. The molecule has 0 saturated carbocycles. The largest absolute Gasteiger partial charge is 0.276 e. The first-order valence-corrected chi connectivity index (χ1v) is 16.7. The van der Waals surface area contributed by atoms with Crippen LogP contribution in [-0.4, -0.2) is 24.5 Å². The fourth-order valence-electron chi connectivity index (χ4n) is 7.02. The van der Waals surface area contributed by atoms with Gasteiger partial charge in [-0.3, -0.25) is 4.57 Å². The van der Waals surface area contributed by atoms with Crippen LogP contribution in [0.3, 0.4) is 0 Å². The van der Waals surface area contributed by atoms with Gasteiger partial charge in [0, 0.05) is 55.3 Å². The van der Waals surface area contributed by atoms with Crippen LogP contribution in [0, 0.1) is 0 Å². The van der Waals surface area contributed by atoms with Crippen LogP contribution < -0.4 is 0 Å². The van der Waals surface area contributed by atoms with E-state index in [0.717, 1.165) is 44.5 Å². The van der Waals surface area contributed by atoms with E-state index in [-0.39, 0.29) is 0 Å². The first kappa shape index (κ1) is 26.9. The highest BCUT2D eigenvalue weighted by atomic mass is 32.1. The molecular formula is C42H25N5S. The van der Waals surface area contributed by atoms with Crippen LogP contribution in [0.25, 0.3) is 92.6 Å². The summed E-state index contributed by atoms with van der Waals surface area (Å²) in [5.74, 6) is 1.33. The van der Waals surface area contributed by atoms with Crippen molar-refractivity contribution in [3.8, 4) is 39.9 Å². The van der Waals surface area contributed by atoms with E-state index in [4.69, 9.17) is 19.9 Å². The summed E-state index contributed by atoms with van der Waals surface area (Å²) in [5, 5.41) is 7.26. The zero-order valence-corrected chi connectivity index (χ0v) is 26.4. The van der Waals surface area contributed by atoms with Crippen molar-refractivity contribution in [3.05, 3.63) is 152 Å². The van der Waals surface area contributed by atoms with Gasteiger partial charge in [0.25, 0.3) is 0 Å². The SMILES string of the molecule is c1ccc(-c2cc(-c3ccccc3)nc(-c3ccc4c(c3)c3c5ccccc5c5c6ccccc6sc5c3n4-c3ncccn3)n2)cc1. The van der Waals surface area contributed by atoms with E-state index >= 15 is 0 Å². The standard InChI is InChI=1S/C42H25N5S/c1-3-12-26(13-4-1)33-25-34(27-14-5-2-6-15-27)46-41(45-33)28-20-21-35-32(24-28)37-29-16-7-8-17-30(29)38-31-18-9-10-19-36(31)48-40(38)39(37)47(35)42-43-22-11-23-44-42/h1-25H. The zero-order chi connectivity index (χ0) is 31.6. The molecule has 6 heteroatoms. The van der Waals surface area contributed by atoms with Gasteiger partial charge in [-0.2, -0.15) is 0 Å². The molecule has 0 aliphatic rings. The van der Waals surface area contributed by atoms with Crippen LogP contribution in [0.4, 0.5) is 0 Å². The fourth-order valence-corrected chi connectivity index (χ4v) is 8.28. The van der Waals surface area contributed by atoms with Crippen LogP contribution in [0.1, 0.15) is 0 Å². The Bertz CT molecular complexity index is 2770. The predicted molar refractivity (Wildman–Crippen MR) is 199 cm³/mol. The minimum absolute atomic E-state index is 0.646. The molecule has 0 N–H and O–H groups in total. The van der Waals surface area contributed by atoms with Crippen molar-refractivity contribution >= 4 is 64.1 Å². The summed E-state index contributed by atoms with van der Waals surface area (Å²) in [7, 11) is 0. The quantitative estimate of drug-likeness (QED) is 0.194. The van der Waals surface area contributed by atoms with Crippen molar-refractivity contribution in [2.24, 2.45) is 0 Å². The summed E-state index contributed by atoms with van der Waals surface area (Å²) in [6.45, 7) is 0. The third kappa shape index (κ3) is 4.10. The molecule has 0 saturated heterocycles. The lowest BCUT2D eigenvalue weighted by atomic mass is 9.98. The van der Waals surface area contributed by atoms with Gasteiger partial charge in [0.05, 0.1) is 27.1 Å². The molecule has 0 spiro atoms. The highest BCUT2D eigenvalue weighted by Crippen LogP contribution is 2.48. The van der Waals surface area contributed by atoms with E-state index in [0.29, 0.717) is 11.8 Å². The molecule has 5 nitrogen and oxygen atoms in total. The van der Waals surface area contributed by atoms with Gasteiger partial charge in [0.1, 0.15) is 0 Å². The lowest BCUT2D eigenvalue weighted by Crippen LogP contribution is -2.00. The number of rotatable bonds is 4. The highest BCUT2D eigenvalue weighted by Gasteiger charge is 2.23. The molecule has 10 rings (SSSR count). The molecule has 10 aromatic rings. The lowest BCUT2D eigenvalue weighted by Gasteiger charge is -2.10. The molecule has 4 heterocycles. The third-order valence-corrected chi connectivity index (χ3v) is 10.3. The molecule has 0 unspecified atom stereocenters. The van der Waals surface area contributed by atoms with Crippen LogP contribution in [0.15, 0.2) is 152 Å². The Morgan fingerprint density at radius 1 is 0.479 bits per heavy atom. The molecular weight excluding hydrogens is 607 g/mol. The fraction of sp³-hybridized carbons (Fsp3) is 0. The van der Waals surface area contributed by atoms with Crippen LogP contribution in [0.2, 0.25) is 0 Å². The Balaban J connectivity index is 1.33. The van der Waals surface area contributed by atoms with Gasteiger partial charge in [-0.25, -0.2) is 19.9 Å². The smallest absolute Gasteiger partial charge is 0.234 e. The van der Waals surface area contributed by atoms with Gasteiger partial charge in [-0.15, -0.1) is 11.3 Å². The van der Waals surface area contributed by atoms with Gasteiger partial charge < -0.3 is 0 Å². The van der Waals surface area contributed by atoms with E-state index < -0.39 is 0 Å². The molecule has 0 radical (unpaired) electrons. The second kappa shape index (κ2) is 10.7. The van der Waals surface area contributed by atoms with Gasteiger partial charge >= 0.3 is 0 Å². The molecule has 224 valence electrons. The maximum atomic E-state index is 5.15. The second-order valence-electron chi connectivity index (χ2n) is 11.9. The number of benzene rings is 6. The molecule has 48 heavy (non-hydrogen) atoms. The number of fused-ring (bicyclic) bond motifs is 10. The Hall–Kier alpha value is -6.24. The van der Waals surface area contributed by atoms with Crippen molar-refractivity contribution in [1.29, 1.82) is 0 Å². The molecule has 0 aliphatic heterocycles. The molecule has 0 amide bonds. The van der Waals surface area contributed by atoms with E-state index in [9.17, 15) is 0 Å². The average molecular weight is 632 g/mol. The van der Waals surface area contributed by atoms with Crippen molar-refractivity contribution in [2.45, 2.75) is 0 Å². The lowest BCUT2D eigenvalue weighted by molar-refractivity contribution is 0.991. The number of nitrogens with zero attached hydrogens (tertiary/aromatic N) is 5. The molecule has 0 bridgehead atoms. The summed E-state index contributed by atoms with van der Waals surface area (Å²) in [5.41, 5.74) is 6.98. The Labute approximate surface area is 279 Å². The molecule has 0 aliphatic carbocycles. The van der Waals surface area contributed by atoms with Gasteiger partial charge in [-0.05, 0) is 47.2 Å². The highest BCUT2D eigenvalue weighted by molar-refractivity contribution is 7.27. The van der Waals surface area contributed by atoms with E-state index in [2.05, 4.69) is 102 Å². The normalized spacial score (nSPS) is 11.8. The summed E-state index contributed by atoms with van der Waals surface area (Å²) in [6.07, 6.45) is 3.62. The Morgan fingerprint density at radius 3 is 1.77 bits per heavy atom. The topological polar surface area (TPSA) is 56.5 Å². The molecule has 0 fully saturated rings. The Kier molecular flexibility index (Phi) is 5.98. The maximum absolute atomic E-state index is 5.15. The second-order valence-corrected chi connectivity index (χ2v) is 12.9. The number of aromatic nitrogens is 5. The maximum Gasteiger partial charge on any atom is 0.234 e. The minimum Gasteiger partial charge on any atom is -0.276 e. The van der Waals surface area contributed by atoms with Crippen LogP contribution in [-0.2, 0) is 0 Å². The zero-order valence-electron chi connectivity index (χ0n) is 25.6. The van der Waals surface area contributed by atoms with E-state index in [1.807, 2.05) is 66.2 Å². The summed E-state index contributed by atoms with van der Waals surface area (Å²) in [4.78, 5) is 19.8. The first-order valence-electron chi connectivity index (χ1n) is 15.9. The Morgan fingerprint density at radius 2 is 1.08 bits per heavy atom. The molecule has 4 aromatic heterocycles. The third-order valence-electron chi connectivity index (χ3n) is 9.12. The first-order chi connectivity index (χ1) is 23.8. The van der Waals surface area contributed by atoms with Crippen molar-refractivity contribution < 1.29 is 0 Å². The summed E-state index contributed by atoms with van der Waals surface area (Å²) in [6, 6.07) is 48.6. The summed E-state index contributed by atoms with van der Waals surface area (Å²) >= 11 is 1.83. The van der Waals surface area contributed by atoms with Gasteiger partial charge in [0.2, 0.25) is 5.95 Å². The van der Waals surface area contributed by atoms with E-state index in [1.165, 1.54) is 36.3 Å². The predicted octanol–water partition coefficient (Wildman–Crippen LogP) is 10.9. The average Bonchev–Trinajstić information content (AvgIpc) is 3.72. The van der Waals surface area contributed by atoms with Crippen LogP contribution >= 0.6 is 11.3 Å². The number of hydrogen-bond donors (Lipinski definition) is 0. The van der Waals surface area contributed by atoms with Crippen molar-refractivity contribution in [2.75, 3.05) is 0 Å². The van der Waals surface area contributed by atoms with Crippen molar-refractivity contribution in [1.82, 2.24) is 24.5 Å². The molecule has 6 aromatic carbocycles. The van der Waals surface area contributed by atoms with Gasteiger partial charge in [-0.1, -0.05) is 103 Å². The number of thiophene rings is 1. The summed E-state index contributed by atoms with van der Waals surface area (Å²) < 4.78 is 4.72.